The second-order valence-corrected chi connectivity index (χ2v) is 7.68. The van der Waals surface area contributed by atoms with Crippen LogP contribution in [-0.4, -0.2) is 24.7 Å². The number of hydrazone groups is 1. The minimum atomic E-state index is -0.465. The molecular formula is C25H20N2O4S. The minimum absolute atomic E-state index is 0.276. The van der Waals surface area contributed by atoms with Gasteiger partial charge in [0.2, 0.25) is 0 Å². The topological polar surface area (TPSA) is 77.0 Å². The number of hydrogen-bond donors (Lipinski definition) is 1. The Hall–Kier alpha value is -3.97. The summed E-state index contributed by atoms with van der Waals surface area (Å²) in [6.45, 7) is 2.24. The Morgan fingerprint density at radius 2 is 1.84 bits per heavy atom. The standard InChI is InChI=1S/C25H20N2O4S/c1-2-30-22-15-17(16-26-27-24(28)23-11-6-14-32-23)12-13-21(22)31-25(29)20-10-5-8-18-7-3-4-9-19(18)20/h3-16H,2H2,1H3,(H,27,28)/b26-16-. The van der Waals surface area contributed by atoms with Gasteiger partial charge in [0.25, 0.3) is 5.91 Å². The molecule has 4 aromatic rings. The Morgan fingerprint density at radius 1 is 1.00 bits per heavy atom. The molecule has 0 unspecified atom stereocenters. The van der Waals surface area contributed by atoms with E-state index in [1.165, 1.54) is 17.6 Å². The molecular weight excluding hydrogens is 424 g/mol. The number of amides is 1. The number of fused-ring (bicyclic) bond motifs is 1. The van der Waals surface area contributed by atoms with Crippen molar-refractivity contribution < 1.29 is 19.1 Å². The van der Waals surface area contributed by atoms with E-state index < -0.39 is 5.97 Å². The molecule has 0 saturated heterocycles. The predicted molar refractivity (Wildman–Crippen MR) is 126 cm³/mol. The molecule has 0 aliphatic rings. The molecule has 0 aliphatic carbocycles. The zero-order valence-corrected chi connectivity index (χ0v) is 18.1. The number of rotatable bonds is 7. The predicted octanol–water partition coefficient (Wildman–Crippen LogP) is 5.28. The first-order chi connectivity index (χ1) is 15.7. The van der Waals surface area contributed by atoms with Gasteiger partial charge in [-0.15, -0.1) is 11.3 Å². The summed E-state index contributed by atoms with van der Waals surface area (Å²) in [4.78, 5) is 25.4. The maximum Gasteiger partial charge on any atom is 0.344 e. The van der Waals surface area contributed by atoms with Crippen LogP contribution in [0.5, 0.6) is 11.5 Å². The fraction of sp³-hybridized carbons (Fsp3) is 0.0800. The number of nitrogens with one attached hydrogen (secondary N) is 1. The van der Waals surface area contributed by atoms with Crippen LogP contribution in [0.1, 0.15) is 32.5 Å². The van der Waals surface area contributed by atoms with Gasteiger partial charge in [0.15, 0.2) is 11.5 Å². The Morgan fingerprint density at radius 3 is 2.66 bits per heavy atom. The summed E-state index contributed by atoms with van der Waals surface area (Å²) < 4.78 is 11.3. The van der Waals surface area contributed by atoms with Crippen molar-refractivity contribution in [1.29, 1.82) is 0 Å². The van der Waals surface area contributed by atoms with Gasteiger partial charge in [-0.3, -0.25) is 4.79 Å². The number of carbonyl (C=O) groups is 2. The fourth-order valence-electron chi connectivity index (χ4n) is 3.14. The molecule has 3 aromatic carbocycles. The molecule has 0 fully saturated rings. The highest BCUT2D eigenvalue weighted by Gasteiger charge is 2.15. The van der Waals surface area contributed by atoms with E-state index in [4.69, 9.17) is 9.47 Å². The van der Waals surface area contributed by atoms with E-state index in [1.807, 2.05) is 48.7 Å². The SMILES string of the molecule is CCOc1cc(/C=N\NC(=O)c2cccs2)ccc1OC(=O)c1cccc2ccccc12. The first kappa shape index (κ1) is 21.3. The molecule has 1 N–H and O–H groups in total. The largest absolute Gasteiger partial charge is 0.490 e. The van der Waals surface area contributed by atoms with Crippen molar-refractivity contribution in [2.45, 2.75) is 6.92 Å². The summed E-state index contributed by atoms with van der Waals surface area (Å²) in [6, 6.07) is 21.8. The average Bonchev–Trinajstić information content (AvgIpc) is 3.35. The van der Waals surface area contributed by atoms with E-state index in [9.17, 15) is 9.59 Å². The smallest absolute Gasteiger partial charge is 0.344 e. The number of thiophene rings is 1. The van der Waals surface area contributed by atoms with Crippen LogP contribution >= 0.6 is 11.3 Å². The molecule has 1 heterocycles. The van der Waals surface area contributed by atoms with Crippen molar-refractivity contribution in [2.75, 3.05) is 6.61 Å². The van der Waals surface area contributed by atoms with Crippen LogP contribution in [0, 0.1) is 0 Å². The maximum atomic E-state index is 12.9. The van der Waals surface area contributed by atoms with Crippen LogP contribution in [0.25, 0.3) is 10.8 Å². The zero-order chi connectivity index (χ0) is 22.3. The molecule has 1 aromatic heterocycles. The first-order valence-electron chi connectivity index (χ1n) is 9.99. The highest BCUT2D eigenvalue weighted by atomic mass is 32.1. The molecule has 1 amide bonds. The van der Waals surface area contributed by atoms with Gasteiger partial charge in [-0.05, 0) is 59.0 Å². The Bertz CT molecular complexity index is 1280. The number of hydrogen-bond acceptors (Lipinski definition) is 6. The van der Waals surface area contributed by atoms with Crippen LogP contribution < -0.4 is 14.9 Å². The fourth-order valence-corrected chi connectivity index (χ4v) is 3.76. The number of carbonyl (C=O) groups excluding carboxylic acids is 2. The highest BCUT2D eigenvalue weighted by Crippen LogP contribution is 2.30. The second kappa shape index (κ2) is 9.89. The van der Waals surface area contributed by atoms with Crippen LogP contribution in [0.15, 0.2) is 83.3 Å². The zero-order valence-electron chi connectivity index (χ0n) is 17.3. The molecule has 0 aliphatic heterocycles. The van der Waals surface area contributed by atoms with Gasteiger partial charge in [-0.2, -0.15) is 5.10 Å². The summed E-state index contributed by atoms with van der Waals surface area (Å²) >= 11 is 1.34. The lowest BCUT2D eigenvalue weighted by Crippen LogP contribution is -2.16. The Labute approximate surface area is 189 Å². The van der Waals surface area contributed by atoms with E-state index in [1.54, 1.807) is 36.4 Å². The third-order valence-corrected chi connectivity index (χ3v) is 5.47. The number of esters is 1. The van der Waals surface area contributed by atoms with Gasteiger partial charge in [-0.25, -0.2) is 10.2 Å². The molecule has 6 nitrogen and oxygen atoms in total. The van der Waals surface area contributed by atoms with Gasteiger partial charge in [-0.1, -0.05) is 42.5 Å². The lowest BCUT2D eigenvalue weighted by Gasteiger charge is -2.12. The van der Waals surface area contributed by atoms with Crippen molar-refractivity contribution in [3.05, 3.63) is 94.2 Å². The number of ether oxygens (including phenoxy) is 2. The van der Waals surface area contributed by atoms with Gasteiger partial charge < -0.3 is 9.47 Å². The first-order valence-corrected chi connectivity index (χ1v) is 10.9. The molecule has 0 radical (unpaired) electrons. The lowest BCUT2D eigenvalue weighted by molar-refractivity contribution is 0.0730. The summed E-state index contributed by atoms with van der Waals surface area (Å²) in [7, 11) is 0. The Kier molecular flexibility index (Phi) is 6.57. The van der Waals surface area contributed by atoms with Crippen LogP contribution in [0.2, 0.25) is 0 Å². The van der Waals surface area contributed by atoms with E-state index >= 15 is 0 Å². The number of nitrogens with zero attached hydrogens (tertiary/aromatic N) is 1. The van der Waals surface area contributed by atoms with Crippen molar-refractivity contribution in [2.24, 2.45) is 5.10 Å². The third-order valence-electron chi connectivity index (χ3n) is 4.60. The molecule has 160 valence electrons. The summed E-state index contributed by atoms with van der Waals surface area (Å²) in [5.41, 5.74) is 3.65. The van der Waals surface area contributed by atoms with Gasteiger partial charge >= 0.3 is 5.97 Å². The summed E-state index contributed by atoms with van der Waals surface area (Å²) in [5.74, 6) is -0.0199. The van der Waals surface area contributed by atoms with Gasteiger partial charge in [0.05, 0.1) is 23.3 Å². The average molecular weight is 445 g/mol. The van der Waals surface area contributed by atoms with E-state index in [2.05, 4.69) is 10.5 Å². The van der Waals surface area contributed by atoms with E-state index in [0.717, 1.165) is 10.8 Å². The van der Waals surface area contributed by atoms with Crippen LogP contribution in [0.3, 0.4) is 0 Å². The quantitative estimate of drug-likeness (QED) is 0.182. The molecule has 32 heavy (non-hydrogen) atoms. The molecule has 0 saturated carbocycles. The number of benzene rings is 3. The van der Waals surface area contributed by atoms with Crippen LogP contribution in [-0.2, 0) is 0 Å². The maximum absolute atomic E-state index is 12.9. The second-order valence-electron chi connectivity index (χ2n) is 6.73. The molecule has 0 spiro atoms. The van der Waals surface area contributed by atoms with E-state index in [0.29, 0.717) is 34.1 Å². The summed E-state index contributed by atoms with van der Waals surface area (Å²) in [5, 5.41) is 7.60. The molecule has 7 heteroatoms. The molecule has 0 atom stereocenters. The van der Waals surface area contributed by atoms with Gasteiger partial charge in [0.1, 0.15) is 0 Å². The minimum Gasteiger partial charge on any atom is -0.490 e. The highest BCUT2D eigenvalue weighted by molar-refractivity contribution is 7.12. The molecule has 0 bridgehead atoms. The van der Waals surface area contributed by atoms with Crippen molar-refractivity contribution in [1.82, 2.24) is 5.43 Å². The van der Waals surface area contributed by atoms with Crippen molar-refractivity contribution in [3.8, 4) is 11.5 Å². The van der Waals surface area contributed by atoms with Crippen molar-refractivity contribution in [3.63, 3.8) is 0 Å². The third kappa shape index (κ3) is 4.84. The van der Waals surface area contributed by atoms with E-state index in [-0.39, 0.29) is 5.91 Å². The monoisotopic (exact) mass is 444 g/mol. The van der Waals surface area contributed by atoms with Crippen molar-refractivity contribution >= 4 is 40.2 Å². The normalized spacial score (nSPS) is 10.9. The summed E-state index contributed by atoms with van der Waals surface area (Å²) in [6.07, 6.45) is 1.50. The van der Waals surface area contributed by atoms with Crippen LogP contribution in [0.4, 0.5) is 0 Å². The molecule has 4 rings (SSSR count). The van der Waals surface area contributed by atoms with Gasteiger partial charge in [0, 0.05) is 0 Å². The lowest BCUT2D eigenvalue weighted by atomic mass is 10.0. The Balaban J connectivity index is 1.52.